The summed E-state index contributed by atoms with van der Waals surface area (Å²) in [5.74, 6) is 6.35. The van der Waals surface area contributed by atoms with Gasteiger partial charge in [0, 0.05) is 7.05 Å². The van der Waals surface area contributed by atoms with E-state index >= 15 is 0 Å². The summed E-state index contributed by atoms with van der Waals surface area (Å²) in [6.07, 6.45) is 0. The van der Waals surface area contributed by atoms with Crippen molar-refractivity contribution in [3.05, 3.63) is 30.0 Å². The summed E-state index contributed by atoms with van der Waals surface area (Å²) >= 11 is 0. The van der Waals surface area contributed by atoms with Gasteiger partial charge < -0.3 is 0 Å². The van der Waals surface area contributed by atoms with Crippen LogP contribution >= 0.6 is 0 Å². The standard InChI is InChI=1S/C10H12N4/c1-7-10(14(2)11)13-9-6-4-3-5-8(9)12-7/h3-6H,11H2,1-2H3. The van der Waals surface area contributed by atoms with E-state index in [1.165, 1.54) is 5.01 Å². The van der Waals surface area contributed by atoms with Gasteiger partial charge in [0.2, 0.25) is 0 Å². The number of hydrogen-bond donors (Lipinski definition) is 1. The van der Waals surface area contributed by atoms with Crippen LogP contribution in [-0.4, -0.2) is 17.0 Å². The number of nitrogens with zero attached hydrogens (tertiary/aromatic N) is 3. The highest BCUT2D eigenvalue weighted by molar-refractivity contribution is 5.76. The zero-order chi connectivity index (χ0) is 10.1. The molecule has 0 unspecified atom stereocenters. The third-order valence-corrected chi connectivity index (χ3v) is 2.05. The monoisotopic (exact) mass is 188 g/mol. The van der Waals surface area contributed by atoms with Gasteiger partial charge in [0.15, 0.2) is 5.82 Å². The Labute approximate surface area is 82.4 Å². The molecular weight excluding hydrogens is 176 g/mol. The fourth-order valence-electron chi connectivity index (χ4n) is 1.41. The molecule has 0 fully saturated rings. The van der Waals surface area contributed by atoms with Crippen molar-refractivity contribution in [1.29, 1.82) is 0 Å². The van der Waals surface area contributed by atoms with Crippen LogP contribution in [0, 0.1) is 6.92 Å². The maximum Gasteiger partial charge on any atom is 0.164 e. The second kappa shape index (κ2) is 3.23. The van der Waals surface area contributed by atoms with Crippen molar-refractivity contribution < 1.29 is 0 Å². The number of nitrogens with two attached hydrogens (primary N) is 1. The Balaban J connectivity index is 2.71. The molecule has 0 aliphatic rings. The Morgan fingerprint density at radius 3 is 2.29 bits per heavy atom. The predicted molar refractivity (Wildman–Crippen MR) is 56.9 cm³/mol. The zero-order valence-electron chi connectivity index (χ0n) is 8.23. The number of hydrazine groups is 1. The molecule has 4 heteroatoms. The Hall–Kier alpha value is -1.68. The molecule has 1 aromatic heterocycles. The molecule has 72 valence electrons. The maximum atomic E-state index is 5.64. The molecule has 0 aliphatic heterocycles. The van der Waals surface area contributed by atoms with Crippen LogP contribution in [0.25, 0.3) is 11.0 Å². The van der Waals surface area contributed by atoms with E-state index in [0.717, 1.165) is 16.7 Å². The number of aromatic nitrogens is 2. The fourth-order valence-corrected chi connectivity index (χ4v) is 1.41. The molecule has 14 heavy (non-hydrogen) atoms. The molecule has 0 spiro atoms. The highest BCUT2D eigenvalue weighted by Gasteiger charge is 2.05. The summed E-state index contributed by atoms with van der Waals surface area (Å²) in [6, 6.07) is 7.75. The van der Waals surface area contributed by atoms with E-state index in [4.69, 9.17) is 5.84 Å². The topological polar surface area (TPSA) is 55.0 Å². The molecule has 0 saturated carbocycles. The first-order valence-electron chi connectivity index (χ1n) is 4.40. The molecule has 0 bridgehead atoms. The Morgan fingerprint density at radius 2 is 1.71 bits per heavy atom. The van der Waals surface area contributed by atoms with Gasteiger partial charge in [-0.15, -0.1) is 0 Å². The van der Waals surface area contributed by atoms with E-state index in [2.05, 4.69) is 9.97 Å². The summed E-state index contributed by atoms with van der Waals surface area (Å²) < 4.78 is 0. The number of benzene rings is 1. The quantitative estimate of drug-likeness (QED) is 0.540. The molecule has 0 amide bonds. The van der Waals surface area contributed by atoms with Crippen LogP contribution in [0.1, 0.15) is 5.69 Å². The minimum atomic E-state index is 0.712. The number of aryl methyl sites for hydroxylation is 1. The Bertz CT molecular complexity index is 465. The summed E-state index contributed by atoms with van der Waals surface area (Å²) in [4.78, 5) is 8.83. The molecular formula is C10H12N4. The lowest BCUT2D eigenvalue weighted by Crippen LogP contribution is -2.27. The van der Waals surface area contributed by atoms with E-state index in [-0.39, 0.29) is 0 Å². The van der Waals surface area contributed by atoms with E-state index in [0.29, 0.717) is 5.82 Å². The van der Waals surface area contributed by atoms with Gasteiger partial charge in [-0.25, -0.2) is 15.8 Å². The molecule has 2 rings (SSSR count). The number of fused-ring (bicyclic) bond motifs is 1. The molecule has 1 aromatic carbocycles. The molecule has 0 atom stereocenters. The first-order valence-corrected chi connectivity index (χ1v) is 4.40. The van der Waals surface area contributed by atoms with Crippen LogP contribution < -0.4 is 10.9 Å². The maximum absolute atomic E-state index is 5.64. The van der Waals surface area contributed by atoms with Gasteiger partial charge >= 0.3 is 0 Å². The van der Waals surface area contributed by atoms with Crippen molar-refractivity contribution in [2.24, 2.45) is 5.84 Å². The smallest absolute Gasteiger partial charge is 0.164 e. The van der Waals surface area contributed by atoms with Crippen molar-refractivity contribution in [1.82, 2.24) is 9.97 Å². The van der Waals surface area contributed by atoms with Crippen molar-refractivity contribution in [2.75, 3.05) is 12.1 Å². The SMILES string of the molecule is Cc1nc2ccccc2nc1N(C)N. The lowest BCUT2D eigenvalue weighted by atomic mass is 10.3. The van der Waals surface area contributed by atoms with Crippen LogP contribution in [0.5, 0.6) is 0 Å². The first kappa shape index (κ1) is 8.90. The van der Waals surface area contributed by atoms with Crippen LogP contribution in [0.4, 0.5) is 5.82 Å². The Morgan fingerprint density at radius 1 is 1.14 bits per heavy atom. The van der Waals surface area contributed by atoms with Crippen LogP contribution in [0.2, 0.25) is 0 Å². The van der Waals surface area contributed by atoms with Crippen molar-refractivity contribution in [3.8, 4) is 0 Å². The summed E-state index contributed by atoms with van der Waals surface area (Å²) in [6.45, 7) is 1.90. The van der Waals surface area contributed by atoms with Gasteiger partial charge in [0.05, 0.1) is 16.7 Å². The van der Waals surface area contributed by atoms with E-state index < -0.39 is 0 Å². The minimum absolute atomic E-state index is 0.712. The van der Waals surface area contributed by atoms with Gasteiger partial charge in [0.1, 0.15) is 0 Å². The highest BCUT2D eigenvalue weighted by atomic mass is 15.4. The van der Waals surface area contributed by atoms with Gasteiger partial charge in [0.25, 0.3) is 0 Å². The third-order valence-electron chi connectivity index (χ3n) is 2.05. The van der Waals surface area contributed by atoms with Crippen molar-refractivity contribution >= 4 is 16.9 Å². The minimum Gasteiger partial charge on any atom is -0.296 e. The number of anilines is 1. The average molecular weight is 188 g/mol. The molecule has 0 radical (unpaired) electrons. The first-order chi connectivity index (χ1) is 6.68. The second-order valence-corrected chi connectivity index (χ2v) is 3.23. The van der Waals surface area contributed by atoms with Crippen LogP contribution in [-0.2, 0) is 0 Å². The number of para-hydroxylation sites is 2. The number of hydrogen-bond acceptors (Lipinski definition) is 4. The highest BCUT2D eigenvalue weighted by Crippen LogP contribution is 2.16. The van der Waals surface area contributed by atoms with Gasteiger partial charge in [-0.05, 0) is 19.1 Å². The molecule has 2 aromatic rings. The predicted octanol–water partition coefficient (Wildman–Crippen LogP) is 1.25. The fraction of sp³-hybridized carbons (Fsp3) is 0.200. The second-order valence-electron chi connectivity index (χ2n) is 3.23. The van der Waals surface area contributed by atoms with E-state index in [1.54, 1.807) is 7.05 Å². The lowest BCUT2D eigenvalue weighted by molar-refractivity contribution is 0.957. The molecule has 0 aliphatic carbocycles. The molecule has 1 heterocycles. The summed E-state index contributed by atoms with van der Waals surface area (Å²) in [5.41, 5.74) is 2.61. The summed E-state index contributed by atoms with van der Waals surface area (Å²) in [5, 5.41) is 1.48. The number of rotatable bonds is 1. The Kier molecular flexibility index (Phi) is 2.05. The van der Waals surface area contributed by atoms with Crippen molar-refractivity contribution in [3.63, 3.8) is 0 Å². The van der Waals surface area contributed by atoms with Gasteiger partial charge in [-0.2, -0.15) is 0 Å². The molecule has 0 saturated heterocycles. The molecule has 2 N–H and O–H groups in total. The zero-order valence-corrected chi connectivity index (χ0v) is 8.23. The largest absolute Gasteiger partial charge is 0.296 e. The third kappa shape index (κ3) is 1.40. The van der Waals surface area contributed by atoms with Crippen LogP contribution in [0.3, 0.4) is 0 Å². The van der Waals surface area contributed by atoms with Crippen molar-refractivity contribution in [2.45, 2.75) is 6.92 Å². The van der Waals surface area contributed by atoms with E-state index in [1.807, 2.05) is 31.2 Å². The lowest BCUT2D eigenvalue weighted by Gasteiger charge is -2.13. The molecule has 4 nitrogen and oxygen atoms in total. The normalized spacial score (nSPS) is 10.5. The summed E-state index contributed by atoms with van der Waals surface area (Å²) in [7, 11) is 1.76. The van der Waals surface area contributed by atoms with E-state index in [9.17, 15) is 0 Å². The van der Waals surface area contributed by atoms with Gasteiger partial charge in [-0.3, -0.25) is 5.01 Å². The van der Waals surface area contributed by atoms with Gasteiger partial charge in [-0.1, -0.05) is 12.1 Å². The average Bonchev–Trinajstić information content (AvgIpc) is 2.16. The van der Waals surface area contributed by atoms with Crippen LogP contribution in [0.15, 0.2) is 24.3 Å².